The number of nitrogens with one attached hydrogen (secondary N) is 2. The third kappa shape index (κ3) is 7.11. The highest BCUT2D eigenvalue weighted by molar-refractivity contribution is 14.0. The number of ether oxygens (including phenoxy) is 2. The molecule has 144 valence electrons. The fraction of sp³-hybridized carbons (Fsp3) is 0.444. The van der Waals surface area contributed by atoms with Crippen LogP contribution in [0.3, 0.4) is 0 Å². The standard InChI is InChI=1S/C18H27N5O2.HI/c1-4-19-18(20-9-5-11-23-12-6-10-22-23)21-14-15-7-8-16(24-2)17(13-15)25-3;/h6-8,10,12-13H,4-5,9,11,14H2,1-3H3,(H2,19,20,21);1H. The van der Waals surface area contributed by atoms with Crippen molar-refractivity contribution >= 4 is 29.9 Å². The number of hydrogen-bond donors (Lipinski definition) is 2. The lowest BCUT2D eigenvalue weighted by atomic mass is 10.2. The smallest absolute Gasteiger partial charge is 0.191 e. The highest BCUT2D eigenvalue weighted by Crippen LogP contribution is 2.27. The summed E-state index contributed by atoms with van der Waals surface area (Å²) in [5, 5.41) is 10.8. The van der Waals surface area contributed by atoms with Gasteiger partial charge in [-0.25, -0.2) is 4.99 Å². The number of hydrogen-bond acceptors (Lipinski definition) is 4. The molecule has 0 saturated carbocycles. The summed E-state index contributed by atoms with van der Waals surface area (Å²) in [5.74, 6) is 2.24. The van der Waals surface area contributed by atoms with Crippen LogP contribution in [0.25, 0.3) is 0 Å². The number of methoxy groups -OCH3 is 2. The Kier molecular flexibility index (Phi) is 10.5. The zero-order valence-corrected chi connectivity index (χ0v) is 17.9. The number of aryl methyl sites for hydroxylation is 1. The minimum absolute atomic E-state index is 0. The Hall–Kier alpha value is -1.97. The normalized spacial score (nSPS) is 10.8. The summed E-state index contributed by atoms with van der Waals surface area (Å²) in [6, 6.07) is 7.77. The summed E-state index contributed by atoms with van der Waals surface area (Å²) in [6.07, 6.45) is 4.74. The number of guanidine groups is 1. The molecule has 7 nitrogen and oxygen atoms in total. The van der Waals surface area contributed by atoms with E-state index in [4.69, 9.17) is 9.47 Å². The maximum Gasteiger partial charge on any atom is 0.191 e. The van der Waals surface area contributed by atoms with Gasteiger partial charge in [-0.15, -0.1) is 24.0 Å². The Labute approximate surface area is 172 Å². The van der Waals surface area contributed by atoms with E-state index in [1.807, 2.05) is 35.1 Å². The van der Waals surface area contributed by atoms with E-state index in [1.54, 1.807) is 20.4 Å². The van der Waals surface area contributed by atoms with E-state index < -0.39 is 0 Å². The van der Waals surface area contributed by atoms with E-state index >= 15 is 0 Å². The van der Waals surface area contributed by atoms with Crippen molar-refractivity contribution in [1.82, 2.24) is 20.4 Å². The molecule has 0 amide bonds. The minimum atomic E-state index is 0. The Morgan fingerprint density at radius 3 is 2.65 bits per heavy atom. The maximum atomic E-state index is 5.33. The highest BCUT2D eigenvalue weighted by atomic mass is 127. The van der Waals surface area contributed by atoms with E-state index in [1.165, 1.54) is 0 Å². The minimum Gasteiger partial charge on any atom is -0.493 e. The molecule has 0 atom stereocenters. The third-order valence-corrected chi connectivity index (χ3v) is 3.63. The summed E-state index contributed by atoms with van der Waals surface area (Å²) in [5.41, 5.74) is 1.06. The first kappa shape index (κ1) is 22.1. The van der Waals surface area contributed by atoms with Crippen LogP contribution in [0, 0.1) is 0 Å². The molecule has 0 saturated heterocycles. The van der Waals surface area contributed by atoms with Crippen molar-refractivity contribution in [3.8, 4) is 11.5 Å². The van der Waals surface area contributed by atoms with Gasteiger partial charge < -0.3 is 20.1 Å². The summed E-state index contributed by atoms with van der Waals surface area (Å²) in [4.78, 5) is 4.62. The molecule has 2 rings (SSSR count). The SMILES string of the molecule is CCNC(=NCc1ccc(OC)c(OC)c1)NCCCn1cccn1.I. The number of halogens is 1. The molecule has 2 N–H and O–H groups in total. The highest BCUT2D eigenvalue weighted by Gasteiger charge is 2.04. The summed E-state index contributed by atoms with van der Waals surface area (Å²) in [6.45, 7) is 5.15. The fourth-order valence-electron chi connectivity index (χ4n) is 2.37. The van der Waals surface area contributed by atoms with Crippen molar-refractivity contribution in [2.24, 2.45) is 4.99 Å². The second-order valence-corrected chi connectivity index (χ2v) is 5.43. The molecule has 1 heterocycles. The lowest BCUT2D eigenvalue weighted by molar-refractivity contribution is 0.354. The van der Waals surface area contributed by atoms with E-state index in [9.17, 15) is 0 Å². The van der Waals surface area contributed by atoms with Crippen LogP contribution in [0.1, 0.15) is 18.9 Å². The predicted octanol–water partition coefficient (Wildman–Crippen LogP) is 2.66. The van der Waals surface area contributed by atoms with Crippen molar-refractivity contribution in [2.75, 3.05) is 27.3 Å². The van der Waals surface area contributed by atoms with Crippen LogP contribution in [0.15, 0.2) is 41.7 Å². The van der Waals surface area contributed by atoms with E-state index in [2.05, 4.69) is 27.6 Å². The van der Waals surface area contributed by atoms with Crippen LogP contribution < -0.4 is 20.1 Å². The van der Waals surface area contributed by atoms with Crippen LogP contribution in [0.4, 0.5) is 0 Å². The molecule has 1 aromatic heterocycles. The van der Waals surface area contributed by atoms with Crippen LogP contribution in [-0.2, 0) is 13.1 Å². The largest absolute Gasteiger partial charge is 0.493 e. The topological polar surface area (TPSA) is 72.7 Å². The van der Waals surface area contributed by atoms with E-state index in [-0.39, 0.29) is 24.0 Å². The molecule has 0 unspecified atom stereocenters. The molecule has 0 radical (unpaired) electrons. The molecule has 26 heavy (non-hydrogen) atoms. The Morgan fingerprint density at radius 2 is 2.00 bits per heavy atom. The van der Waals surface area contributed by atoms with Crippen LogP contribution >= 0.6 is 24.0 Å². The molecular weight excluding hydrogens is 445 g/mol. The van der Waals surface area contributed by atoms with Crippen molar-refractivity contribution in [2.45, 2.75) is 26.4 Å². The predicted molar refractivity (Wildman–Crippen MR) is 115 cm³/mol. The number of nitrogens with zero attached hydrogens (tertiary/aromatic N) is 3. The lowest BCUT2D eigenvalue weighted by Gasteiger charge is -2.12. The average molecular weight is 473 g/mol. The molecule has 0 fully saturated rings. The van der Waals surface area contributed by atoms with Crippen molar-refractivity contribution in [3.05, 3.63) is 42.2 Å². The molecule has 0 aliphatic rings. The van der Waals surface area contributed by atoms with Gasteiger partial charge in [0.05, 0.1) is 20.8 Å². The Bertz CT molecular complexity index is 662. The monoisotopic (exact) mass is 473 g/mol. The summed E-state index contributed by atoms with van der Waals surface area (Å²) >= 11 is 0. The molecule has 0 bridgehead atoms. The van der Waals surface area contributed by atoms with Crippen molar-refractivity contribution < 1.29 is 9.47 Å². The zero-order valence-electron chi connectivity index (χ0n) is 15.6. The number of benzene rings is 1. The number of rotatable bonds is 9. The van der Waals surface area contributed by atoms with Gasteiger partial charge in [0, 0.05) is 32.0 Å². The summed E-state index contributed by atoms with van der Waals surface area (Å²) in [7, 11) is 3.27. The molecule has 0 spiro atoms. The Morgan fingerprint density at radius 1 is 1.19 bits per heavy atom. The van der Waals surface area contributed by atoms with E-state index in [0.29, 0.717) is 12.3 Å². The quantitative estimate of drug-likeness (QED) is 0.254. The number of aromatic nitrogens is 2. The molecular formula is C18H28IN5O2. The van der Waals surface area contributed by atoms with Gasteiger partial charge in [0.25, 0.3) is 0 Å². The second kappa shape index (κ2) is 12.4. The first-order valence-electron chi connectivity index (χ1n) is 8.47. The van der Waals surface area contributed by atoms with E-state index in [0.717, 1.165) is 43.3 Å². The molecule has 1 aromatic carbocycles. The van der Waals surface area contributed by atoms with Gasteiger partial charge in [0.1, 0.15) is 0 Å². The average Bonchev–Trinajstić information content (AvgIpc) is 3.16. The van der Waals surface area contributed by atoms with Crippen LogP contribution in [0.5, 0.6) is 11.5 Å². The summed E-state index contributed by atoms with van der Waals surface area (Å²) < 4.78 is 12.5. The maximum absolute atomic E-state index is 5.33. The van der Waals surface area contributed by atoms with Gasteiger partial charge in [-0.05, 0) is 37.1 Å². The van der Waals surface area contributed by atoms with Crippen LogP contribution in [0.2, 0.25) is 0 Å². The molecule has 0 aliphatic heterocycles. The van der Waals surface area contributed by atoms with Gasteiger partial charge in [-0.1, -0.05) is 6.07 Å². The van der Waals surface area contributed by atoms with Crippen molar-refractivity contribution in [3.63, 3.8) is 0 Å². The fourth-order valence-corrected chi connectivity index (χ4v) is 2.37. The van der Waals surface area contributed by atoms with Crippen molar-refractivity contribution in [1.29, 1.82) is 0 Å². The first-order chi connectivity index (χ1) is 12.3. The first-order valence-corrected chi connectivity index (χ1v) is 8.47. The van der Waals surface area contributed by atoms with Gasteiger partial charge >= 0.3 is 0 Å². The van der Waals surface area contributed by atoms with Crippen LogP contribution in [-0.4, -0.2) is 43.0 Å². The molecule has 2 aromatic rings. The zero-order chi connectivity index (χ0) is 17.9. The lowest BCUT2D eigenvalue weighted by Crippen LogP contribution is -2.38. The third-order valence-electron chi connectivity index (χ3n) is 3.63. The van der Waals surface area contributed by atoms with Gasteiger partial charge in [-0.3, -0.25) is 4.68 Å². The van der Waals surface area contributed by atoms with Gasteiger partial charge in [0.15, 0.2) is 17.5 Å². The van der Waals surface area contributed by atoms with Gasteiger partial charge in [0.2, 0.25) is 0 Å². The molecule has 8 heteroatoms. The Balaban J connectivity index is 0.00000338. The second-order valence-electron chi connectivity index (χ2n) is 5.43. The van der Waals surface area contributed by atoms with Gasteiger partial charge in [-0.2, -0.15) is 5.10 Å². The molecule has 0 aliphatic carbocycles. The number of aliphatic imine (C=N–C) groups is 1.